The fraction of sp³-hybridized carbons (Fsp3) is 0.286. The molecule has 0 aliphatic carbocycles. The minimum absolute atomic E-state index is 0. The number of benzene rings is 2. The van der Waals surface area contributed by atoms with Crippen molar-refractivity contribution >= 4 is 41.6 Å². The summed E-state index contributed by atoms with van der Waals surface area (Å²) in [5.74, 6) is -0.0232. The molecular weight excluding hydrogens is 498 g/mol. The largest absolute Gasteiger partial charge is 0.346 e. The highest BCUT2D eigenvalue weighted by atomic mass is 35.5. The molecule has 1 fully saturated rings. The van der Waals surface area contributed by atoms with Crippen LogP contribution >= 0.6 is 24.8 Å². The molecule has 2 N–H and O–H groups in total. The van der Waals surface area contributed by atoms with Crippen LogP contribution in [0.4, 0.5) is 4.39 Å². The molecule has 1 aliphatic rings. The molecule has 8 heteroatoms. The number of amides is 1. The van der Waals surface area contributed by atoms with Crippen molar-refractivity contribution < 1.29 is 9.18 Å². The topological polar surface area (TPSA) is 64.2 Å². The van der Waals surface area contributed by atoms with E-state index in [1.807, 2.05) is 47.5 Å². The summed E-state index contributed by atoms with van der Waals surface area (Å²) in [4.78, 5) is 19.5. The Morgan fingerprint density at radius 1 is 1.00 bits per heavy atom. The molecule has 0 spiro atoms. The molecule has 0 bridgehead atoms. The van der Waals surface area contributed by atoms with Crippen molar-refractivity contribution in [3.8, 4) is 0 Å². The van der Waals surface area contributed by atoms with Crippen LogP contribution in [-0.2, 0) is 19.5 Å². The Bertz CT molecular complexity index is 1300. The molecule has 1 aliphatic heterocycles. The number of hydrogen-bond acceptors (Lipinski definition) is 3. The standard InChI is InChI=1S/C28H29FN4O.2ClH/c29-26-6-5-21(18-30)17-24(26)22-10-15-32(16-11-22)28(34)25-19-33(27-4-2-1-3-23(25)27)14-9-20-7-12-31-13-8-20;;/h1-8,12-13,17,19,22H,9-11,14-16,18,30H2;2*1H. The minimum Gasteiger partial charge on any atom is -0.346 e. The number of nitrogens with two attached hydrogens (primary N) is 1. The molecular formula is C28H31Cl2FN4O. The third kappa shape index (κ3) is 5.72. The van der Waals surface area contributed by atoms with Crippen molar-refractivity contribution in [1.29, 1.82) is 0 Å². The van der Waals surface area contributed by atoms with Gasteiger partial charge in [-0.15, -0.1) is 24.8 Å². The number of rotatable bonds is 6. The van der Waals surface area contributed by atoms with E-state index < -0.39 is 0 Å². The Labute approximate surface area is 223 Å². The summed E-state index contributed by atoms with van der Waals surface area (Å²) in [6, 6.07) is 17.2. The van der Waals surface area contributed by atoms with E-state index in [4.69, 9.17) is 5.73 Å². The van der Waals surface area contributed by atoms with Gasteiger partial charge >= 0.3 is 0 Å². The SMILES string of the molecule is Cl.Cl.NCc1ccc(F)c(C2CCN(C(=O)c3cn(CCc4ccncc4)c4ccccc34)CC2)c1. The second-order valence-electron chi connectivity index (χ2n) is 8.99. The predicted octanol–water partition coefficient (Wildman–Crippen LogP) is 5.74. The minimum atomic E-state index is -0.181. The number of halogens is 3. The van der Waals surface area contributed by atoms with Gasteiger partial charge in [-0.1, -0.05) is 30.3 Å². The predicted molar refractivity (Wildman–Crippen MR) is 147 cm³/mol. The highest BCUT2D eigenvalue weighted by molar-refractivity contribution is 6.07. The fourth-order valence-electron chi connectivity index (χ4n) is 5.00. The molecule has 0 saturated carbocycles. The van der Waals surface area contributed by atoms with Crippen LogP contribution in [0.5, 0.6) is 0 Å². The van der Waals surface area contributed by atoms with Gasteiger partial charge in [0.05, 0.1) is 5.56 Å². The maximum atomic E-state index is 14.5. The molecule has 4 aromatic rings. The third-order valence-electron chi connectivity index (χ3n) is 6.93. The molecule has 2 aromatic carbocycles. The smallest absolute Gasteiger partial charge is 0.256 e. The number of para-hydroxylation sites is 1. The van der Waals surface area contributed by atoms with Gasteiger partial charge in [-0.05, 0) is 66.1 Å². The van der Waals surface area contributed by atoms with Gasteiger partial charge in [0.25, 0.3) is 5.91 Å². The molecule has 0 unspecified atom stereocenters. The summed E-state index contributed by atoms with van der Waals surface area (Å²) in [6.07, 6.45) is 7.96. The number of hydrogen-bond donors (Lipinski definition) is 1. The second kappa shape index (κ2) is 12.3. The van der Waals surface area contributed by atoms with Gasteiger partial charge in [-0.3, -0.25) is 9.78 Å². The summed E-state index contributed by atoms with van der Waals surface area (Å²) in [7, 11) is 0. The summed E-state index contributed by atoms with van der Waals surface area (Å²) < 4.78 is 16.6. The quantitative estimate of drug-likeness (QED) is 0.347. The van der Waals surface area contributed by atoms with Crippen molar-refractivity contribution in [2.24, 2.45) is 5.73 Å². The van der Waals surface area contributed by atoms with E-state index in [1.165, 1.54) is 11.6 Å². The van der Waals surface area contributed by atoms with Gasteiger partial charge < -0.3 is 15.2 Å². The molecule has 3 heterocycles. The van der Waals surface area contributed by atoms with Crippen molar-refractivity contribution in [3.63, 3.8) is 0 Å². The van der Waals surface area contributed by atoms with Crippen LogP contribution in [0.1, 0.15) is 45.8 Å². The van der Waals surface area contributed by atoms with E-state index in [0.717, 1.165) is 53.4 Å². The first-order valence-corrected chi connectivity index (χ1v) is 11.9. The number of aryl methyl sites for hydroxylation is 2. The average molecular weight is 529 g/mol. The summed E-state index contributed by atoms with van der Waals surface area (Å²) in [5.41, 5.74) is 10.4. The molecule has 5 nitrogen and oxygen atoms in total. The number of fused-ring (bicyclic) bond motifs is 1. The lowest BCUT2D eigenvalue weighted by Crippen LogP contribution is -2.38. The van der Waals surface area contributed by atoms with E-state index in [9.17, 15) is 9.18 Å². The van der Waals surface area contributed by atoms with Crippen LogP contribution in [0.2, 0.25) is 0 Å². The maximum Gasteiger partial charge on any atom is 0.256 e. The van der Waals surface area contributed by atoms with Crippen LogP contribution in [0.15, 0.2) is 73.2 Å². The van der Waals surface area contributed by atoms with Crippen LogP contribution in [0, 0.1) is 5.82 Å². The van der Waals surface area contributed by atoms with Gasteiger partial charge in [-0.25, -0.2) is 4.39 Å². The van der Waals surface area contributed by atoms with Crippen molar-refractivity contribution in [2.75, 3.05) is 13.1 Å². The Kier molecular flexibility index (Phi) is 9.49. The Balaban J connectivity index is 0.00000180. The zero-order valence-electron chi connectivity index (χ0n) is 20.0. The molecule has 0 radical (unpaired) electrons. The van der Waals surface area contributed by atoms with E-state index in [0.29, 0.717) is 19.6 Å². The highest BCUT2D eigenvalue weighted by Gasteiger charge is 2.28. The van der Waals surface area contributed by atoms with Gasteiger partial charge in [0.2, 0.25) is 0 Å². The van der Waals surface area contributed by atoms with E-state index in [-0.39, 0.29) is 42.5 Å². The van der Waals surface area contributed by atoms with Crippen molar-refractivity contribution in [1.82, 2.24) is 14.5 Å². The fourth-order valence-corrected chi connectivity index (χ4v) is 5.00. The van der Waals surface area contributed by atoms with Crippen molar-refractivity contribution in [3.05, 3.63) is 101 Å². The monoisotopic (exact) mass is 528 g/mol. The molecule has 190 valence electrons. The number of aromatic nitrogens is 2. The molecule has 0 atom stereocenters. The van der Waals surface area contributed by atoms with Gasteiger partial charge in [-0.2, -0.15) is 0 Å². The van der Waals surface area contributed by atoms with Gasteiger partial charge in [0, 0.05) is 55.7 Å². The number of carbonyl (C=O) groups excluding carboxylic acids is 1. The first-order chi connectivity index (χ1) is 16.6. The lowest BCUT2D eigenvalue weighted by molar-refractivity contribution is 0.0714. The molecule has 1 saturated heterocycles. The maximum absolute atomic E-state index is 14.5. The van der Waals surface area contributed by atoms with Crippen molar-refractivity contribution in [2.45, 2.75) is 38.3 Å². The normalized spacial score (nSPS) is 13.8. The number of piperidine rings is 1. The number of pyridine rings is 1. The number of likely N-dealkylation sites (tertiary alicyclic amines) is 1. The van der Waals surface area contributed by atoms with Gasteiger partial charge in [0.1, 0.15) is 5.82 Å². The summed E-state index contributed by atoms with van der Waals surface area (Å²) in [6.45, 7) is 2.42. The molecule has 36 heavy (non-hydrogen) atoms. The Morgan fingerprint density at radius 2 is 1.72 bits per heavy atom. The second-order valence-corrected chi connectivity index (χ2v) is 8.99. The number of nitrogens with zero attached hydrogens (tertiary/aromatic N) is 3. The van der Waals surface area contributed by atoms with Crippen LogP contribution < -0.4 is 5.73 Å². The highest BCUT2D eigenvalue weighted by Crippen LogP contribution is 2.32. The Hall–Kier alpha value is -2.93. The van der Waals surface area contributed by atoms with Crippen LogP contribution in [0.3, 0.4) is 0 Å². The zero-order valence-corrected chi connectivity index (χ0v) is 21.6. The average Bonchev–Trinajstić information content (AvgIpc) is 3.27. The first kappa shape index (κ1) is 27.7. The first-order valence-electron chi connectivity index (χ1n) is 11.9. The molecule has 5 rings (SSSR count). The third-order valence-corrected chi connectivity index (χ3v) is 6.93. The number of carbonyl (C=O) groups is 1. The summed E-state index contributed by atoms with van der Waals surface area (Å²) >= 11 is 0. The lowest BCUT2D eigenvalue weighted by atomic mass is 9.88. The Morgan fingerprint density at radius 3 is 2.44 bits per heavy atom. The van der Waals surface area contributed by atoms with Crippen LogP contribution in [0.25, 0.3) is 10.9 Å². The van der Waals surface area contributed by atoms with Crippen LogP contribution in [-0.4, -0.2) is 33.4 Å². The lowest BCUT2D eigenvalue weighted by Gasteiger charge is -2.32. The van der Waals surface area contributed by atoms with E-state index in [2.05, 4.69) is 15.6 Å². The molecule has 1 amide bonds. The summed E-state index contributed by atoms with van der Waals surface area (Å²) in [5, 5.41) is 0.978. The molecule has 2 aromatic heterocycles. The van der Waals surface area contributed by atoms with E-state index in [1.54, 1.807) is 18.5 Å². The van der Waals surface area contributed by atoms with Gasteiger partial charge in [0.15, 0.2) is 0 Å². The zero-order chi connectivity index (χ0) is 23.5. The van der Waals surface area contributed by atoms with E-state index >= 15 is 0 Å².